The molecule has 0 aliphatic carbocycles. The summed E-state index contributed by atoms with van der Waals surface area (Å²) in [7, 11) is 3.14. The van der Waals surface area contributed by atoms with Crippen LogP contribution in [0.3, 0.4) is 0 Å². The molecule has 0 aliphatic heterocycles. The largest absolute Gasteiger partial charge is 0.496 e. The monoisotopic (exact) mass is 343 g/mol. The summed E-state index contributed by atoms with van der Waals surface area (Å²) in [5, 5.41) is 2.95. The first-order chi connectivity index (χ1) is 12.1. The van der Waals surface area contributed by atoms with Crippen LogP contribution in [0.25, 0.3) is 0 Å². The summed E-state index contributed by atoms with van der Waals surface area (Å²) in [5.74, 6) is 1.61. The number of ether oxygens (including phenoxy) is 3. The van der Waals surface area contributed by atoms with E-state index in [1.54, 1.807) is 32.4 Å². The van der Waals surface area contributed by atoms with Gasteiger partial charge in [0.05, 0.1) is 14.2 Å². The average Bonchev–Trinajstić information content (AvgIpc) is 2.65. The smallest absolute Gasteiger partial charge is 0.258 e. The van der Waals surface area contributed by atoms with E-state index in [0.717, 1.165) is 12.8 Å². The molecule has 0 saturated heterocycles. The lowest BCUT2D eigenvalue weighted by atomic mass is 10.1. The molecule has 0 fully saturated rings. The van der Waals surface area contributed by atoms with Gasteiger partial charge in [-0.25, -0.2) is 0 Å². The second-order valence-corrected chi connectivity index (χ2v) is 5.83. The number of hydrogen-bond acceptors (Lipinski definition) is 4. The molecule has 2 aromatic carbocycles. The molecular weight excluding hydrogens is 318 g/mol. The zero-order valence-corrected chi connectivity index (χ0v) is 15.0. The minimum absolute atomic E-state index is 0.0496. The first-order valence-electron chi connectivity index (χ1n) is 8.30. The molecule has 0 radical (unpaired) electrons. The van der Waals surface area contributed by atoms with Crippen LogP contribution in [0.4, 0.5) is 0 Å². The summed E-state index contributed by atoms with van der Waals surface area (Å²) < 4.78 is 15.9. The molecule has 0 unspecified atom stereocenters. The molecule has 0 aliphatic rings. The number of methoxy groups -OCH3 is 2. The molecule has 1 atom stereocenters. The summed E-state index contributed by atoms with van der Waals surface area (Å²) in [6.45, 7) is 1.95. The lowest BCUT2D eigenvalue weighted by molar-refractivity contribution is -0.123. The van der Waals surface area contributed by atoms with Crippen molar-refractivity contribution in [2.45, 2.75) is 25.8 Å². The molecule has 2 aromatic rings. The Morgan fingerprint density at radius 3 is 2.20 bits per heavy atom. The van der Waals surface area contributed by atoms with Crippen LogP contribution < -0.4 is 19.5 Å². The molecule has 0 aromatic heterocycles. The lowest BCUT2D eigenvalue weighted by Crippen LogP contribution is -2.36. The number of benzene rings is 2. The highest BCUT2D eigenvalue weighted by atomic mass is 16.5. The first-order valence-corrected chi connectivity index (χ1v) is 8.30. The Labute approximate surface area is 148 Å². The first kappa shape index (κ1) is 18.6. The molecule has 25 heavy (non-hydrogen) atoms. The van der Waals surface area contributed by atoms with Crippen molar-refractivity contribution in [1.29, 1.82) is 0 Å². The summed E-state index contributed by atoms with van der Waals surface area (Å²) in [4.78, 5) is 12.0. The maximum atomic E-state index is 12.0. The van der Waals surface area contributed by atoms with Crippen LogP contribution in [0.5, 0.6) is 17.2 Å². The minimum Gasteiger partial charge on any atom is -0.496 e. The van der Waals surface area contributed by atoms with Gasteiger partial charge in [0, 0.05) is 24.2 Å². The summed E-state index contributed by atoms with van der Waals surface area (Å²) >= 11 is 0. The Balaban J connectivity index is 1.78. The molecule has 0 bridgehead atoms. The third kappa shape index (κ3) is 6.37. The van der Waals surface area contributed by atoms with Gasteiger partial charge in [-0.15, -0.1) is 0 Å². The van der Waals surface area contributed by atoms with Gasteiger partial charge in [0.2, 0.25) is 0 Å². The predicted octanol–water partition coefficient (Wildman–Crippen LogP) is 3.22. The van der Waals surface area contributed by atoms with Crippen LogP contribution in [0.2, 0.25) is 0 Å². The molecule has 5 nitrogen and oxygen atoms in total. The Morgan fingerprint density at radius 1 is 1.00 bits per heavy atom. The summed E-state index contributed by atoms with van der Waals surface area (Å²) in [5.41, 5.74) is 1.27. The molecule has 5 heteroatoms. The molecule has 2 rings (SSSR count). The van der Waals surface area contributed by atoms with Gasteiger partial charge in [0.25, 0.3) is 5.91 Å². The number of aryl methyl sites for hydroxylation is 1. The van der Waals surface area contributed by atoms with Crippen molar-refractivity contribution in [3.63, 3.8) is 0 Å². The van der Waals surface area contributed by atoms with Crippen LogP contribution in [0, 0.1) is 0 Å². The van der Waals surface area contributed by atoms with Crippen molar-refractivity contribution >= 4 is 5.91 Å². The van der Waals surface area contributed by atoms with E-state index in [0.29, 0.717) is 17.2 Å². The third-order valence-electron chi connectivity index (χ3n) is 3.81. The number of carbonyl (C=O) groups excluding carboxylic acids is 1. The van der Waals surface area contributed by atoms with Crippen LogP contribution in [0.15, 0.2) is 48.5 Å². The molecule has 0 spiro atoms. The van der Waals surface area contributed by atoms with Gasteiger partial charge >= 0.3 is 0 Å². The quantitative estimate of drug-likeness (QED) is 0.759. The van der Waals surface area contributed by atoms with E-state index in [2.05, 4.69) is 17.4 Å². The summed E-state index contributed by atoms with van der Waals surface area (Å²) in [6.07, 6.45) is 1.80. The fourth-order valence-electron chi connectivity index (χ4n) is 2.43. The molecule has 134 valence electrons. The Kier molecular flexibility index (Phi) is 7.14. The van der Waals surface area contributed by atoms with E-state index in [1.807, 2.05) is 25.1 Å². The number of hydrogen-bond donors (Lipinski definition) is 1. The van der Waals surface area contributed by atoms with E-state index in [1.165, 1.54) is 5.56 Å². The highest BCUT2D eigenvalue weighted by Gasteiger charge is 2.10. The Hall–Kier alpha value is -2.69. The fraction of sp³-hybridized carbons (Fsp3) is 0.350. The van der Waals surface area contributed by atoms with Gasteiger partial charge < -0.3 is 19.5 Å². The molecule has 0 saturated carbocycles. The topological polar surface area (TPSA) is 56.8 Å². The third-order valence-corrected chi connectivity index (χ3v) is 3.81. The molecule has 0 heterocycles. The van der Waals surface area contributed by atoms with Gasteiger partial charge in [-0.2, -0.15) is 0 Å². The van der Waals surface area contributed by atoms with Crippen molar-refractivity contribution in [1.82, 2.24) is 5.32 Å². The normalized spacial score (nSPS) is 11.5. The van der Waals surface area contributed by atoms with Crippen molar-refractivity contribution in [3.05, 3.63) is 54.1 Å². The highest BCUT2D eigenvalue weighted by Crippen LogP contribution is 2.27. The fourth-order valence-corrected chi connectivity index (χ4v) is 2.43. The van der Waals surface area contributed by atoms with Crippen LogP contribution in [-0.2, 0) is 11.2 Å². The van der Waals surface area contributed by atoms with E-state index >= 15 is 0 Å². The van der Waals surface area contributed by atoms with Crippen molar-refractivity contribution < 1.29 is 19.0 Å². The van der Waals surface area contributed by atoms with Gasteiger partial charge in [-0.05, 0) is 25.3 Å². The average molecular weight is 343 g/mol. The molecule has 1 amide bonds. The van der Waals surface area contributed by atoms with Crippen LogP contribution in [-0.4, -0.2) is 32.8 Å². The number of amides is 1. The number of rotatable bonds is 9. The van der Waals surface area contributed by atoms with Gasteiger partial charge in [0.15, 0.2) is 6.61 Å². The second kappa shape index (κ2) is 9.57. The van der Waals surface area contributed by atoms with E-state index < -0.39 is 0 Å². The van der Waals surface area contributed by atoms with E-state index in [-0.39, 0.29) is 18.6 Å². The lowest BCUT2D eigenvalue weighted by Gasteiger charge is -2.15. The van der Waals surface area contributed by atoms with Gasteiger partial charge in [-0.3, -0.25) is 4.79 Å². The van der Waals surface area contributed by atoms with Crippen LogP contribution >= 0.6 is 0 Å². The predicted molar refractivity (Wildman–Crippen MR) is 97.4 cm³/mol. The maximum Gasteiger partial charge on any atom is 0.258 e. The standard InChI is InChI=1S/C20H25NO4/c1-15(9-10-16-7-5-4-6-8-16)21-20(22)14-25-19-12-17(23-2)11-18(13-19)24-3/h4-8,11-13,15H,9-10,14H2,1-3H3,(H,21,22)/t15-/m0/s1. The van der Waals surface area contributed by atoms with Crippen molar-refractivity contribution in [2.75, 3.05) is 20.8 Å². The highest BCUT2D eigenvalue weighted by molar-refractivity contribution is 5.77. The summed E-state index contributed by atoms with van der Waals surface area (Å²) in [6, 6.07) is 15.5. The van der Waals surface area contributed by atoms with Gasteiger partial charge in [-0.1, -0.05) is 30.3 Å². The minimum atomic E-state index is -0.151. The Morgan fingerprint density at radius 2 is 1.60 bits per heavy atom. The van der Waals surface area contributed by atoms with Crippen LogP contribution in [0.1, 0.15) is 18.9 Å². The molecule has 1 N–H and O–H groups in total. The van der Waals surface area contributed by atoms with E-state index in [9.17, 15) is 4.79 Å². The van der Waals surface area contributed by atoms with Crippen molar-refractivity contribution in [2.24, 2.45) is 0 Å². The zero-order chi connectivity index (χ0) is 18.1. The van der Waals surface area contributed by atoms with E-state index in [4.69, 9.17) is 14.2 Å². The molecular formula is C20H25NO4. The Bertz CT molecular complexity index is 650. The SMILES string of the molecule is COc1cc(OC)cc(OCC(=O)N[C@@H](C)CCc2ccccc2)c1. The second-order valence-electron chi connectivity index (χ2n) is 5.83. The maximum absolute atomic E-state index is 12.0. The van der Waals surface area contributed by atoms with Gasteiger partial charge in [0.1, 0.15) is 17.2 Å². The number of carbonyl (C=O) groups is 1. The number of nitrogens with one attached hydrogen (secondary N) is 1. The van der Waals surface area contributed by atoms with Crippen molar-refractivity contribution in [3.8, 4) is 17.2 Å². The zero-order valence-electron chi connectivity index (χ0n) is 15.0.